The molecule has 3 aromatic rings. The van der Waals surface area contributed by atoms with Crippen LogP contribution in [-0.2, 0) is 21.4 Å². The number of allylic oxidation sites excluding steroid dienone is 1. The number of carbonyl (C=O) groups is 1. The average molecular weight is 486 g/mol. The van der Waals surface area contributed by atoms with Crippen LogP contribution in [0.3, 0.4) is 0 Å². The van der Waals surface area contributed by atoms with E-state index in [1.807, 2.05) is 29.7 Å². The van der Waals surface area contributed by atoms with Gasteiger partial charge in [-0.25, -0.2) is 8.42 Å². The number of aromatic nitrogens is 1. The van der Waals surface area contributed by atoms with Crippen molar-refractivity contribution in [3.63, 3.8) is 0 Å². The predicted molar refractivity (Wildman–Crippen MR) is 130 cm³/mol. The van der Waals surface area contributed by atoms with Gasteiger partial charge in [-0.2, -0.15) is 9.30 Å². The Hall–Kier alpha value is -2.75. The van der Waals surface area contributed by atoms with E-state index >= 15 is 0 Å². The van der Waals surface area contributed by atoms with Gasteiger partial charge in [-0.15, -0.1) is 6.58 Å². The fourth-order valence-electron chi connectivity index (χ4n) is 3.99. The highest BCUT2D eigenvalue weighted by Gasteiger charge is 2.33. The van der Waals surface area contributed by atoms with Crippen molar-refractivity contribution in [1.82, 2.24) is 8.87 Å². The van der Waals surface area contributed by atoms with E-state index in [-0.39, 0.29) is 17.3 Å². The molecule has 174 valence electrons. The molecule has 1 aliphatic rings. The summed E-state index contributed by atoms with van der Waals surface area (Å²) in [6.07, 6.45) is 3.00. The highest BCUT2D eigenvalue weighted by Crippen LogP contribution is 2.26. The van der Waals surface area contributed by atoms with Crippen LogP contribution in [0.1, 0.15) is 19.8 Å². The quantitative estimate of drug-likeness (QED) is 0.477. The number of amides is 1. The van der Waals surface area contributed by atoms with Crippen LogP contribution in [0.4, 0.5) is 0 Å². The maximum atomic E-state index is 13.1. The van der Waals surface area contributed by atoms with Gasteiger partial charge in [-0.3, -0.25) is 4.79 Å². The molecular weight excluding hydrogens is 458 g/mol. The van der Waals surface area contributed by atoms with Crippen molar-refractivity contribution >= 4 is 37.5 Å². The van der Waals surface area contributed by atoms with E-state index in [2.05, 4.69) is 11.6 Å². The number of ether oxygens (including phenoxy) is 1. The fraction of sp³-hybridized carbons (Fsp3) is 0.333. The van der Waals surface area contributed by atoms with Crippen LogP contribution in [0.5, 0.6) is 5.75 Å². The minimum Gasteiger partial charge on any atom is -0.494 e. The molecular formula is C24H27N3O4S2. The van der Waals surface area contributed by atoms with E-state index in [1.54, 1.807) is 36.4 Å². The van der Waals surface area contributed by atoms with Gasteiger partial charge in [0, 0.05) is 19.6 Å². The summed E-state index contributed by atoms with van der Waals surface area (Å²) in [7, 11) is -3.64. The van der Waals surface area contributed by atoms with E-state index in [0.717, 1.165) is 16.0 Å². The number of fused-ring (bicyclic) bond motifs is 1. The molecule has 9 heteroatoms. The van der Waals surface area contributed by atoms with Crippen molar-refractivity contribution in [2.24, 2.45) is 10.9 Å². The maximum Gasteiger partial charge on any atom is 0.252 e. The van der Waals surface area contributed by atoms with Gasteiger partial charge in [0.1, 0.15) is 5.75 Å². The largest absolute Gasteiger partial charge is 0.494 e. The Morgan fingerprint density at radius 3 is 2.79 bits per heavy atom. The minimum atomic E-state index is -3.64. The number of benzene rings is 2. The summed E-state index contributed by atoms with van der Waals surface area (Å²) < 4.78 is 35.9. The van der Waals surface area contributed by atoms with E-state index in [1.165, 1.54) is 15.6 Å². The first kappa shape index (κ1) is 23.4. The Bertz CT molecular complexity index is 1330. The molecule has 0 N–H and O–H groups in total. The van der Waals surface area contributed by atoms with Crippen molar-refractivity contribution in [3.8, 4) is 5.75 Å². The number of nitrogens with zero attached hydrogens (tertiary/aromatic N) is 3. The van der Waals surface area contributed by atoms with E-state index < -0.39 is 15.9 Å². The van der Waals surface area contributed by atoms with Crippen molar-refractivity contribution in [1.29, 1.82) is 0 Å². The van der Waals surface area contributed by atoms with Crippen LogP contribution < -0.4 is 9.54 Å². The second-order valence-corrected chi connectivity index (χ2v) is 10.8. The standard InChI is InChI=1S/C24H27N3O4S2/c1-3-14-27-21-13-12-19(31-4-2)16-22(21)32-24(27)25-23(28)18-9-8-15-26(17-18)33(29,30)20-10-6-5-7-11-20/h3,5-7,10-13,16,18H,1,4,8-9,14-15,17H2,2H3. The molecule has 1 atom stereocenters. The van der Waals surface area contributed by atoms with Gasteiger partial charge in [-0.05, 0) is 50.1 Å². The second-order valence-electron chi connectivity index (χ2n) is 7.81. The Morgan fingerprint density at radius 1 is 1.27 bits per heavy atom. The van der Waals surface area contributed by atoms with Crippen LogP contribution >= 0.6 is 11.3 Å². The van der Waals surface area contributed by atoms with Crippen molar-refractivity contribution in [2.45, 2.75) is 31.2 Å². The highest BCUT2D eigenvalue weighted by atomic mass is 32.2. The Balaban J connectivity index is 1.63. The van der Waals surface area contributed by atoms with Gasteiger partial charge in [0.05, 0.1) is 27.6 Å². The predicted octanol–water partition coefficient (Wildman–Crippen LogP) is 3.82. The lowest BCUT2D eigenvalue weighted by Gasteiger charge is -2.30. The number of carbonyl (C=O) groups excluding carboxylic acids is 1. The molecule has 0 spiro atoms. The summed E-state index contributed by atoms with van der Waals surface area (Å²) in [6.45, 7) is 7.38. The zero-order chi connectivity index (χ0) is 23.4. The molecule has 1 amide bonds. The third-order valence-electron chi connectivity index (χ3n) is 5.60. The van der Waals surface area contributed by atoms with Crippen molar-refractivity contribution in [2.75, 3.05) is 19.7 Å². The van der Waals surface area contributed by atoms with Gasteiger partial charge in [0.15, 0.2) is 4.80 Å². The zero-order valence-corrected chi connectivity index (χ0v) is 20.1. The summed E-state index contributed by atoms with van der Waals surface area (Å²) >= 11 is 1.42. The first-order valence-corrected chi connectivity index (χ1v) is 13.2. The number of rotatable bonds is 7. The zero-order valence-electron chi connectivity index (χ0n) is 18.5. The molecule has 1 unspecified atom stereocenters. The monoisotopic (exact) mass is 485 g/mol. The molecule has 1 saturated heterocycles. The van der Waals surface area contributed by atoms with Gasteiger partial charge in [0.25, 0.3) is 5.91 Å². The molecule has 0 bridgehead atoms. The third-order valence-corrected chi connectivity index (χ3v) is 8.52. The highest BCUT2D eigenvalue weighted by molar-refractivity contribution is 7.89. The first-order valence-electron chi connectivity index (χ1n) is 10.9. The summed E-state index contributed by atoms with van der Waals surface area (Å²) in [5.41, 5.74) is 0.951. The lowest BCUT2D eigenvalue weighted by molar-refractivity contribution is -0.122. The Morgan fingerprint density at radius 2 is 2.06 bits per heavy atom. The topological polar surface area (TPSA) is 81.0 Å². The van der Waals surface area contributed by atoms with Gasteiger partial charge < -0.3 is 9.30 Å². The molecule has 0 aliphatic carbocycles. The number of hydrogen-bond acceptors (Lipinski definition) is 5. The van der Waals surface area contributed by atoms with Crippen molar-refractivity contribution < 1.29 is 17.9 Å². The van der Waals surface area contributed by atoms with E-state index in [9.17, 15) is 13.2 Å². The SMILES string of the molecule is C=CCn1c(=NC(=O)C2CCCN(S(=O)(=O)c3ccccc3)C2)sc2cc(OCC)ccc21. The van der Waals surface area contributed by atoms with E-state index in [4.69, 9.17) is 4.74 Å². The number of sulfonamides is 1. The number of thiazole rings is 1. The Kier molecular flexibility index (Phi) is 7.11. The molecule has 7 nitrogen and oxygen atoms in total. The fourth-order valence-corrected chi connectivity index (χ4v) is 6.61. The molecule has 0 saturated carbocycles. The smallest absolute Gasteiger partial charge is 0.252 e. The Labute approximate surface area is 197 Å². The van der Waals surface area contributed by atoms with Gasteiger partial charge in [0.2, 0.25) is 10.0 Å². The van der Waals surface area contributed by atoms with Gasteiger partial charge >= 0.3 is 0 Å². The number of hydrogen-bond donors (Lipinski definition) is 0. The second kappa shape index (κ2) is 10.0. The molecule has 1 aliphatic heterocycles. The molecule has 0 radical (unpaired) electrons. The van der Waals surface area contributed by atoms with Crippen LogP contribution in [-0.4, -0.2) is 42.9 Å². The van der Waals surface area contributed by atoms with E-state index in [0.29, 0.717) is 37.3 Å². The number of piperidine rings is 1. The maximum absolute atomic E-state index is 13.1. The summed E-state index contributed by atoms with van der Waals surface area (Å²) in [5, 5.41) is 0. The normalized spacial score (nSPS) is 17.8. The lowest BCUT2D eigenvalue weighted by atomic mass is 9.99. The molecule has 1 fully saturated rings. The molecule has 33 heavy (non-hydrogen) atoms. The van der Waals surface area contributed by atoms with Crippen LogP contribution in [0.2, 0.25) is 0 Å². The minimum absolute atomic E-state index is 0.139. The average Bonchev–Trinajstić information content (AvgIpc) is 3.16. The van der Waals surface area contributed by atoms with Gasteiger partial charge in [-0.1, -0.05) is 35.6 Å². The summed E-state index contributed by atoms with van der Waals surface area (Å²) in [5.74, 6) is -0.0000940. The first-order chi connectivity index (χ1) is 15.9. The van der Waals surface area contributed by atoms with Crippen LogP contribution in [0.15, 0.2) is 71.1 Å². The molecule has 1 aromatic heterocycles. The van der Waals surface area contributed by atoms with Crippen LogP contribution in [0.25, 0.3) is 10.2 Å². The molecule has 2 aromatic carbocycles. The van der Waals surface area contributed by atoms with Crippen LogP contribution in [0, 0.1) is 5.92 Å². The third kappa shape index (κ3) is 4.95. The molecule has 4 rings (SSSR count). The molecule has 2 heterocycles. The lowest BCUT2D eigenvalue weighted by Crippen LogP contribution is -2.42. The summed E-state index contributed by atoms with van der Waals surface area (Å²) in [6, 6.07) is 14.1. The summed E-state index contributed by atoms with van der Waals surface area (Å²) in [4.78, 5) is 18.4. The van der Waals surface area contributed by atoms with Crippen molar-refractivity contribution in [3.05, 3.63) is 66.0 Å².